The zero-order valence-electron chi connectivity index (χ0n) is 9.62. The molecule has 2 heterocycles. The van der Waals surface area contributed by atoms with Crippen LogP contribution in [0.25, 0.3) is 0 Å². The molecule has 16 heavy (non-hydrogen) atoms. The molecule has 1 fully saturated rings. The molecule has 1 amide bonds. The molecule has 0 bridgehead atoms. The summed E-state index contributed by atoms with van der Waals surface area (Å²) in [7, 11) is 0. The molecule has 1 saturated heterocycles. The number of hydrogen-bond donors (Lipinski definition) is 2. The largest absolute Gasteiger partial charge is 0.347 e. The third-order valence-corrected chi connectivity index (χ3v) is 3.94. The van der Waals surface area contributed by atoms with Crippen LogP contribution in [-0.4, -0.2) is 24.0 Å². The van der Waals surface area contributed by atoms with E-state index in [0.717, 1.165) is 30.2 Å². The van der Waals surface area contributed by atoms with E-state index < -0.39 is 0 Å². The normalized spacial score (nSPS) is 22.0. The standard InChI is InChI=1S/C11H17N3OS/c1-7-6-16-11(13-7)8(2)14-10(15)9-3-4-12-5-9/h6,8-9,12H,3-5H2,1-2H3,(H,14,15). The van der Waals surface area contributed by atoms with Crippen molar-refractivity contribution >= 4 is 17.2 Å². The molecule has 0 saturated carbocycles. The fourth-order valence-electron chi connectivity index (χ4n) is 1.84. The van der Waals surface area contributed by atoms with Gasteiger partial charge < -0.3 is 10.6 Å². The molecule has 2 unspecified atom stereocenters. The molecular weight excluding hydrogens is 222 g/mol. The van der Waals surface area contributed by atoms with E-state index in [0.29, 0.717) is 0 Å². The average Bonchev–Trinajstić information content (AvgIpc) is 2.87. The van der Waals surface area contributed by atoms with E-state index in [1.165, 1.54) is 0 Å². The Hall–Kier alpha value is -0.940. The third-order valence-electron chi connectivity index (χ3n) is 2.80. The zero-order valence-corrected chi connectivity index (χ0v) is 10.4. The Balaban J connectivity index is 1.91. The van der Waals surface area contributed by atoms with Crippen molar-refractivity contribution in [3.8, 4) is 0 Å². The van der Waals surface area contributed by atoms with Gasteiger partial charge in [-0.25, -0.2) is 4.98 Å². The van der Waals surface area contributed by atoms with Crippen LogP contribution < -0.4 is 10.6 Å². The van der Waals surface area contributed by atoms with E-state index in [1.54, 1.807) is 11.3 Å². The monoisotopic (exact) mass is 239 g/mol. The van der Waals surface area contributed by atoms with Crippen LogP contribution in [0.5, 0.6) is 0 Å². The molecule has 2 rings (SSSR count). The number of nitrogens with one attached hydrogen (secondary N) is 2. The second kappa shape index (κ2) is 4.93. The maximum Gasteiger partial charge on any atom is 0.224 e. The number of carbonyl (C=O) groups is 1. The Morgan fingerprint density at radius 3 is 3.12 bits per heavy atom. The number of thiazole rings is 1. The second-order valence-electron chi connectivity index (χ2n) is 4.25. The van der Waals surface area contributed by atoms with Gasteiger partial charge in [-0.2, -0.15) is 0 Å². The number of rotatable bonds is 3. The molecule has 0 aliphatic carbocycles. The molecule has 0 radical (unpaired) electrons. The molecule has 2 N–H and O–H groups in total. The van der Waals surface area contributed by atoms with Gasteiger partial charge in [0.1, 0.15) is 5.01 Å². The molecule has 1 aromatic heterocycles. The summed E-state index contributed by atoms with van der Waals surface area (Å²) in [6.45, 7) is 5.70. The summed E-state index contributed by atoms with van der Waals surface area (Å²) in [4.78, 5) is 16.2. The Kier molecular flexibility index (Phi) is 3.56. The number of aromatic nitrogens is 1. The van der Waals surface area contributed by atoms with Gasteiger partial charge in [-0.15, -0.1) is 11.3 Å². The quantitative estimate of drug-likeness (QED) is 0.834. The van der Waals surface area contributed by atoms with Crippen molar-refractivity contribution in [3.05, 3.63) is 16.1 Å². The molecular formula is C11H17N3OS. The van der Waals surface area contributed by atoms with Gasteiger partial charge in [0.15, 0.2) is 0 Å². The number of carbonyl (C=O) groups excluding carboxylic acids is 1. The molecule has 88 valence electrons. The van der Waals surface area contributed by atoms with E-state index in [4.69, 9.17) is 0 Å². The van der Waals surface area contributed by atoms with Gasteiger partial charge >= 0.3 is 0 Å². The van der Waals surface area contributed by atoms with E-state index in [9.17, 15) is 4.79 Å². The Morgan fingerprint density at radius 2 is 2.56 bits per heavy atom. The summed E-state index contributed by atoms with van der Waals surface area (Å²) < 4.78 is 0. The predicted molar refractivity (Wildman–Crippen MR) is 64.4 cm³/mol. The first-order chi connectivity index (χ1) is 7.66. The van der Waals surface area contributed by atoms with Crippen LogP contribution in [0, 0.1) is 12.8 Å². The molecule has 1 aliphatic heterocycles. The highest BCUT2D eigenvalue weighted by molar-refractivity contribution is 7.09. The maximum atomic E-state index is 11.9. The van der Waals surface area contributed by atoms with Crippen LogP contribution in [0.2, 0.25) is 0 Å². The fourth-order valence-corrected chi connectivity index (χ4v) is 2.65. The first kappa shape index (κ1) is 11.5. The number of nitrogens with zero attached hydrogens (tertiary/aromatic N) is 1. The van der Waals surface area contributed by atoms with Crippen LogP contribution in [0.3, 0.4) is 0 Å². The van der Waals surface area contributed by atoms with Crippen molar-refractivity contribution in [2.45, 2.75) is 26.3 Å². The highest BCUT2D eigenvalue weighted by atomic mass is 32.1. The number of aryl methyl sites for hydroxylation is 1. The molecule has 0 aromatic carbocycles. The predicted octanol–water partition coefficient (Wildman–Crippen LogP) is 1.24. The SMILES string of the molecule is Cc1csc(C(C)NC(=O)C2CCNC2)n1. The van der Waals surface area contributed by atoms with Gasteiger partial charge in [-0.3, -0.25) is 4.79 Å². The molecule has 2 atom stereocenters. The second-order valence-corrected chi connectivity index (χ2v) is 5.14. The Morgan fingerprint density at radius 1 is 1.75 bits per heavy atom. The van der Waals surface area contributed by atoms with E-state index in [-0.39, 0.29) is 17.9 Å². The molecule has 1 aromatic rings. The first-order valence-corrected chi connectivity index (χ1v) is 6.48. The molecule has 1 aliphatic rings. The topological polar surface area (TPSA) is 54.0 Å². The van der Waals surface area contributed by atoms with Crippen LogP contribution >= 0.6 is 11.3 Å². The van der Waals surface area contributed by atoms with Gasteiger partial charge in [0.05, 0.1) is 12.0 Å². The van der Waals surface area contributed by atoms with Crippen LogP contribution in [0.15, 0.2) is 5.38 Å². The highest BCUT2D eigenvalue weighted by Gasteiger charge is 2.24. The minimum Gasteiger partial charge on any atom is -0.347 e. The van der Waals surface area contributed by atoms with E-state index in [2.05, 4.69) is 15.6 Å². The Bertz CT molecular complexity index is 371. The van der Waals surface area contributed by atoms with Crippen LogP contribution in [0.4, 0.5) is 0 Å². The fraction of sp³-hybridized carbons (Fsp3) is 0.636. The minimum absolute atomic E-state index is 0.0202. The van der Waals surface area contributed by atoms with Crippen molar-refractivity contribution in [1.29, 1.82) is 0 Å². The zero-order chi connectivity index (χ0) is 11.5. The maximum absolute atomic E-state index is 11.9. The van der Waals surface area contributed by atoms with Gasteiger partial charge in [-0.1, -0.05) is 0 Å². The van der Waals surface area contributed by atoms with Crippen molar-refractivity contribution in [2.75, 3.05) is 13.1 Å². The van der Waals surface area contributed by atoms with Crippen LogP contribution in [0.1, 0.15) is 30.1 Å². The molecule has 4 nitrogen and oxygen atoms in total. The first-order valence-electron chi connectivity index (χ1n) is 5.60. The summed E-state index contributed by atoms with van der Waals surface area (Å²) >= 11 is 1.60. The number of amides is 1. The minimum atomic E-state index is 0.0202. The van der Waals surface area contributed by atoms with Gasteiger partial charge in [0.25, 0.3) is 0 Å². The summed E-state index contributed by atoms with van der Waals surface area (Å²) in [6, 6.07) is 0.0202. The third kappa shape index (κ3) is 2.59. The lowest BCUT2D eigenvalue weighted by Crippen LogP contribution is -2.33. The van der Waals surface area contributed by atoms with Gasteiger partial charge in [0.2, 0.25) is 5.91 Å². The summed E-state index contributed by atoms with van der Waals surface area (Å²) in [5.41, 5.74) is 1.02. The summed E-state index contributed by atoms with van der Waals surface area (Å²) in [6.07, 6.45) is 0.940. The van der Waals surface area contributed by atoms with Crippen molar-refractivity contribution in [2.24, 2.45) is 5.92 Å². The molecule has 0 spiro atoms. The van der Waals surface area contributed by atoms with E-state index >= 15 is 0 Å². The molecule has 5 heteroatoms. The Labute approximate surface area is 99.5 Å². The lowest BCUT2D eigenvalue weighted by Gasteiger charge is -2.14. The average molecular weight is 239 g/mol. The highest BCUT2D eigenvalue weighted by Crippen LogP contribution is 2.18. The summed E-state index contributed by atoms with van der Waals surface area (Å²) in [5, 5.41) is 9.21. The van der Waals surface area contributed by atoms with Crippen molar-refractivity contribution < 1.29 is 4.79 Å². The lowest BCUT2D eigenvalue weighted by molar-refractivity contribution is -0.125. The van der Waals surface area contributed by atoms with Gasteiger partial charge in [-0.05, 0) is 26.8 Å². The van der Waals surface area contributed by atoms with Crippen molar-refractivity contribution in [3.63, 3.8) is 0 Å². The van der Waals surface area contributed by atoms with Crippen molar-refractivity contribution in [1.82, 2.24) is 15.6 Å². The van der Waals surface area contributed by atoms with Crippen LogP contribution in [-0.2, 0) is 4.79 Å². The smallest absolute Gasteiger partial charge is 0.224 e. The lowest BCUT2D eigenvalue weighted by atomic mass is 10.1. The van der Waals surface area contributed by atoms with Gasteiger partial charge in [0, 0.05) is 17.6 Å². The summed E-state index contributed by atoms with van der Waals surface area (Å²) in [5.74, 6) is 0.272. The van der Waals surface area contributed by atoms with E-state index in [1.807, 2.05) is 19.2 Å². The number of hydrogen-bond acceptors (Lipinski definition) is 4.